The largest absolute Gasteiger partial charge is 0.490 e. The number of ether oxygens (including phenoxy) is 1. The standard InChI is InChI=1S/C20H30ClN5O2/c1-22-20(23-8-15-28-18-7-3-2-6-17(18)21)26-13-11-24(12-14-26)16-19(27)25-9-4-5-10-25/h2-3,6-7H,4-5,8-16H2,1H3,(H,22,23). The van der Waals surface area contributed by atoms with E-state index in [1.165, 1.54) is 0 Å². The van der Waals surface area contributed by atoms with Crippen LogP contribution in [0.15, 0.2) is 29.3 Å². The van der Waals surface area contributed by atoms with Crippen molar-refractivity contribution in [3.05, 3.63) is 29.3 Å². The topological polar surface area (TPSA) is 60.4 Å². The molecule has 1 amide bonds. The highest BCUT2D eigenvalue weighted by atomic mass is 35.5. The maximum Gasteiger partial charge on any atom is 0.236 e. The van der Waals surface area contributed by atoms with E-state index in [0.29, 0.717) is 30.5 Å². The van der Waals surface area contributed by atoms with Gasteiger partial charge in [-0.05, 0) is 25.0 Å². The number of nitrogens with one attached hydrogen (secondary N) is 1. The van der Waals surface area contributed by atoms with Gasteiger partial charge < -0.3 is 19.9 Å². The number of aliphatic imine (C=N–C) groups is 1. The second-order valence-corrected chi connectivity index (χ2v) is 7.51. The van der Waals surface area contributed by atoms with Crippen LogP contribution in [-0.2, 0) is 4.79 Å². The van der Waals surface area contributed by atoms with Crippen LogP contribution in [0.3, 0.4) is 0 Å². The van der Waals surface area contributed by atoms with E-state index in [2.05, 4.69) is 20.1 Å². The molecule has 0 saturated carbocycles. The van der Waals surface area contributed by atoms with Crippen LogP contribution in [0.4, 0.5) is 0 Å². The van der Waals surface area contributed by atoms with Crippen LogP contribution in [0.25, 0.3) is 0 Å². The molecule has 0 atom stereocenters. The number of hydrogen-bond acceptors (Lipinski definition) is 4. The zero-order chi connectivity index (χ0) is 19.8. The predicted molar refractivity (Wildman–Crippen MR) is 112 cm³/mol. The number of likely N-dealkylation sites (tertiary alicyclic amines) is 1. The summed E-state index contributed by atoms with van der Waals surface area (Å²) in [5.74, 6) is 1.83. The molecule has 0 unspecified atom stereocenters. The molecule has 0 bridgehead atoms. The molecule has 2 aliphatic heterocycles. The first-order chi connectivity index (χ1) is 13.7. The molecule has 8 heteroatoms. The number of para-hydroxylation sites is 1. The third-order valence-corrected chi connectivity index (χ3v) is 5.49. The summed E-state index contributed by atoms with van der Waals surface area (Å²) in [6.07, 6.45) is 2.28. The molecule has 2 heterocycles. The summed E-state index contributed by atoms with van der Waals surface area (Å²) in [5.41, 5.74) is 0. The fourth-order valence-corrected chi connectivity index (χ4v) is 3.78. The Morgan fingerprint density at radius 3 is 2.50 bits per heavy atom. The lowest BCUT2D eigenvalue weighted by Crippen LogP contribution is -2.54. The van der Waals surface area contributed by atoms with Gasteiger partial charge in [-0.3, -0.25) is 14.7 Å². The summed E-state index contributed by atoms with van der Waals surface area (Å²) in [7, 11) is 1.79. The van der Waals surface area contributed by atoms with Gasteiger partial charge in [0.05, 0.1) is 18.1 Å². The van der Waals surface area contributed by atoms with Gasteiger partial charge in [0.1, 0.15) is 12.4 Å². The molecule has 1 N–H and O–H groups in total. The molecule has 154 valence electrons. The Balaban J connectivity index is 1.36. The lowest BCUT2D eigenvalue weighted by molar-refractivity contribution is -0.131. The number of piperazine rings is 1. The molecular formula is C20H30ClN5O2. The van der Waals surface area contributed by atoms with E-state index in [-0.39, 0.29) is 5.91 Å². The molecular weight excluding hydrogens is 378 g/mol. The molecule has 28 heavy (non-hydrogen) atoms. The van der Waals surface area contributed by atoms with Crippen LogP contribution in [0.2, 0.25) is 5.02 Å². The van der Waals surface area contributed by atoms with Gasteiger partial charge in [-0.1, -0.05) is 23.7 Å². The molecule has 0 spiro atoms. The first-order valence-corrected chi connectivity index (χ1v) is 10.4. The van der Waals surface area contributed by atoms with Crippen LogP contribution < -0.4 is 10.1 Å². The van der Waals surface area contributed by atoms with Crippen LogP contribution in [-0.4, -0.2) is 92.6 Å². The summed E-state index contributed by atoms with van der Waals surface area (Å²) < 4.78 is 5.71. The predicted octanol–water partition coefficient (Wildman–Crippen LogP) is 1.53. The van der Waals surface area contributed by atoms with Crippen LogP contribution >= 0.6 is 11.6 Å². The lowest BCUT2D eigenvalue weighted by Gasteiger charge is -2.36. The first-order valence-electron chi connectivity index (χ1n) is 10.0. The second-order valence-electron chi connectivity index (χ2n) is 7.10. The minimum atomic E-state index is 0.269. The van der Waals surface area contributed by atoms with Crippen molar-refractivity contribution < 1.29 is 9.53 Å². The van der Waals surface area contributed by atoms with E-state index in [9.17, 15) is 4.79 Å². The quantitative estimate of drug-likeness (QED) is 0.440. The van der Waals surface area contributed by atoms with Crippen molar-refractivity contribution in [2.45, 2.75) is 12.8 Å². The Kier molecular flexibility index (Phi) is 7.80. The highest BCUT2D eigenvalue weighted by Crippen LogP contribution is 2.22. The summed E-state index contributed by atoms with van der Waals surface area (Å²) in [6.45, 7) is 6.99. The molecule has 2 aliphatic rings. The highest BCUT2D eigenvalue weighted by molar-refractivity contribution is 6.32. The van der Waals surface area contributed by atoms with Gasteiger partial charge in [0, 0.05) is 46.3 Å². The SMILES string of the molecule is CN=C(NCCOc1ccccc1Cl)N1CCN(CC(=O)N2CCCC2)CC1. The summed E-state index contributed by atoms with van der Waals surface area (Å²) >= 11 is 6.10. The van der Waals surface area contributed by atoms with Crippen molar-refractivity contribution in [3.8, 4) is 5.75 Å². The van der Waals surface area contributed by atoms with Gasteiger partial charge >= 0.3 is 0 Å². The number of carbonyl (C=O) groups is 1. The minimum absolute atomic E-state index is 0.269. The Morgan fingerprint density at radius 2 is 1.82 bits per heavy atom. The van der Waals surface area contributed by atoms with Gasteiger partial charge in [-0.2, -0.15) is 0 Å². The minimum Gasteiger partial charge on any atom is -0.490 e. The summed E-state index contributed by atoms with van der Waals surface area (Å²) in [4.78, 5) is 23.2. The molecule has 2 fully saturated rings. The fraction of sp³-hybridized carbons (Fsp3) is 0.600. The summed E-state index contributed by atoms with van der Waals surface area (Å²) in [6, 6.07) is 7.46. The second kappa shape index (κ2) is 10.5. The van der Waals surface area contributed by atoms with Gasteiger partial charge in [0.15, 0.2) is 5.96 Å². The molecule has 2 saturated heterocycles. The Bertz CT molecular complexity index is 670. The van der Waals surface area contributed by atoms with E-state index in [1.54, 1.807) is 7.05 Å². The van der Waals surface area contributed by atoms with Crippen LogP contribution in [0.5, 0.6) is 5.75 Å². The number of amides is 1. The number of benzene rings is 1. The van der Waals surface area contributed by atoms with Crippen molar-refractivity contribution in [2.75, 3.05) is 66.0 Å². The lowest BCUT2D eigenvalue weighted by atomic mass is 10.3. The fourth-order valence-electron chi connectivity index (χ4n) is 3.59. The van der Waals surface area contributed by atoms with Crippen LogP contribution in [0, 0.1) is 0 Å². The molecule has 1 aromatic rings. The smallest absolute Gasteiger partial charge is 0.236 e. The van der Waals surface area contributed by atoms with E-state index in [1.807, 2.05) is 29.2 Å². The number of halogens is 1. The number of hydrogen-bond donors (Lipinski definition) is 1. The number of rotatable bonds is 6. The van der Waals surface area contributed by atoms with Crippen molar-refractivity contribution in [1.82, 2.24) is 20.0 Å². The third-order valence-electron chi connectivity index (χ3n) is 5.18. The zero-order valence-electron chi connectivity index (χ0n) is 16.6. The number of carbonyl (C=O) groups excluding carboxylic acids is 1. The molecule has 0 aliphatic carbocycles. The van der Waals surface area contributed by atoms with Crippen molar-refractivity contribution >= 4 is 23.5 Å². The third kappa shape index (κ3) is 5.75. The number of nitrogens with zero attached hydrogens (tertiary/aromatic N) is 4. The average Bonchev–Trinajstić information content (AvgIpc) is 3.25. The van der Waals surface area contributed by atoms with E-state index >= 15 is 0 Å². The highest BCUT2D eigenvalue weighted by Gasteiger charge is 2.24. The average molecular weight is 408 g/mol. The molecule has 0 radical (unpaired) electrons. The Hall–Kier alpha value is -1.99. The Labute approximate surface area is 172 Å². The summed E-state index contributed by atoms with van der Waals surface area (Å²) in [5, 5.41) is 3.96. The maximum absolute atomic E-state index is 12.3. The van der Waals surface area contributed by atoms with E-state index in [4.69, 9.17) is 16.3 Å². The van der Waals surface area contributed by atoms with Gasteiger partial charge in [0.2, 0.25) is 5.91 Å². The monoisotopic (exact) mass is 407 g/mol. The van der Waals surface area contributed by atoms with E-state index < -0.39 is 0 Å². The Morgan fingerprint density at radius 1 is 1.11 bits per heavy atom. The van der Waals surface area contributed by atoms with Gasteiger partial charge in [0.25, 0.3) is 0 Å². The van der Waals surface area contributed by atoms with Gasteiger partial charge in [-0.15, -0.1) is 0 Å². The normalized spacial score (nSPS) is 18.4. The van der Waals surface area contributed by atoms with Crippen LogP contribution in [0.1, 0.15) is 12.8 Å². The van der Waals surface area contributed by atoms with E-state index in [0.717, 1.165) is 58.1 Å². The molecule has 3 rings (SSSR count). The first kappa shape index (κ1) is 20.7. The maximum atomic E-state index is 12.3. The zero-order valence-corrected chi connectivity index (χ0v) is 17.3. The molecule has 7 nitrogen and oxygen atoms in total. The molecule has 1 aromatic carbocycles. The van der Waals surface area contributed by atoms with Gasteiger partial charge in [-0.25, -0.2) is 0 Å². The van der Waals surface area contributed by atoms with Crippen molar-refractivity contribution in [3.63, 3.8) is 0 Å². The van der Waals surface area contributed by atoms with Crippen molar-refractivity contribution in [1.29, 1.82) is 0 Å². The number of guanidine groups is 1. The molecule has 0 aromatic heterocycles. The van der Waals surface area contributed by atoms with Crippen molar-refractivity contribution in [2.24, 2.45) is 4.99 Å².